The highest BCUT2D eigenvalue weighted by atomic mass is 32.2. The molecule has 2 atom stereocenters. The molecular formula is C33H48N2O7S. The van der Waals surface area contributed by atoms with Crippen molar-refractivity contribution in [1.29, 1.82) is 0 Å². The number of rotatable bonds is 12. The van der Waals surface area contributed by atoms with Crippen LogP contribution >= 0.6 is 0 Å². The maximum atomic E-state index is 14.0. The van der Waals surface area contributed by atoms with E-state index in [1.54, 1.807) is 50.4 Å². The number of esters is 1. The van der Waals surface area contributed by atoms with Crippen LogP contribution in [0.15, 0.2) is 47.4 Å². The predicted octanol–water partition coefficient (Wildman–Crippen LogP) is 5.34. The lowest BCUT2D eigenvalue weighted by Crippen LogP contribution is -2.51. The van der Waals surface area contributed by atoms with Gasteiger partial charge in [0.05, 0.1) is 42.4 Å². The third-order valence-corrected chi connectivity index (χ3v) is 10.4. The monoisotopic (exact) mass is 616 g/mol. The van der Waals surface area contributed by atoms with Gasteiger partial charge in [-0.15, -0.1) is 0 Å². The highest BCUT2D eigenvalue weighted by Gasteiger charge is 2.42. The summed E-state index contributed by atoms with van der Waals surface area (Å²) in [7, 11) is -0.756. The standard InChI is InChI=1S/C33H48N2O7S/c1-24-11-8-9-12-30(24)43(37,38)35-21-27(15-14-26(35)20-32(2,3)31(36)40-7)41-22-25-13-16-29-28(19-25)34(17-10-18-39-6)23-33(4,5)42-29/h8-9,11-13,16,19,26-27H,10,14-15,17-18,20-23H2,1-7H3/t26-,27+/m0/s1. The molecule has 0 bridgehead atoms. The van der Waals surface area contributed by atoms with Crippen molar-refractivity contribution < 1.29 is 32.2 Å². The minimum absolute atomic E-state index is 0.212. The molecule has 0 spiro atoms. The quantitative estimate of drug-likeness (QED) is 0.233. The topological polar surface area (TPSA) is 94.6 Å². The SMILES string of the molecule is COCCCN1CC(C)(C)Oc2ccc(CO[C@@H]3CC[C@@H](CC(C)(C)C(=O)OC)N(S(=O)(=O)c4ccccc4C)C3)cc21. The van der Waals surface area contributed by atoms with E-state index in [4.69, 9.17) is 18.9 Å². The molecule has 0 saturated carbocycles. The summed E-state index contributed by atoms with van der Waals surface area (Å²) in [6.07, 6.45) is 2.25. The average molecular weight is 617 g/mol. The highest BCUT2D eigenvalue weighted by Crippen LogP contribution is 2.39. The molecule has 0 unspecified atom stereocenters. The summed E-state index contributed by atoms with van der Waals surface area (Å²) < 4.78 is 52.6. The summed E-state index contributed by atoms with van der Waals surface area (Å²) in [6.45, 7) is 12.5. The van der Waals surface area contributed by atoms with E-state index in [0.717, 1.165) is 36.5 Å². The van der Waals surface area contributed by atoms with Crippen LogP contribution < -0.4 is 9.64 Å². The molecule has 2 heterocycles. The second-order valence-corrected chi connectivity index (χ2v) is 14.9. The Balaban J connectivity index is 1.53. The number of nitrogens with zero attached hydrogens (tertiary/aromatic N) is 2. The van der Waals surface area contributed by atoms with Gasteiger partial charge in [0.25, 0.3) is 0 Å². The van der Waals surface area contributed by atoms with Crippen LogP contribution in [-0.2, 0) is 35.6 Å². The van der Waals surface area contributed by atoms with Crippen LogP contribution in [0.25, 0.3) is 0 Å². The number of carbonyl (C=O) groups excluding carboxylic acids is 1. The Morgan fingerprint density at radius 3 is 2.56 bits per heavy atom. The molecule has 1 fully saturated rings. The van der Waals surface area contributed by atoms with Gasteiger partial charge in [0.15, 0.2) is 0 Å². The molecule has 2 aromatic carbocycles. The highest BCUT2D eigenvalue weighted by molar-refractivity contribution is 7.89. The lowest BCUT2D eigenvalue weighted by atomic mass is 9.83. The lowest BCUT2D eigenvalue weighted by molar-refractivity contribution is -0.152. The molecule has 10 heteroatoms. The minimum Gasteiger partial charge on any atom is -0.484 e. The maximum absolute atomic E-state index is 14.0. The number of benzene rings is 2. The Morgan fingerprint density at radius 1 is 1.12 bits per heavy atom. The van der Waals surface area contributed by atoms with Gasteiger partial charge in [0, 0.05) is 32.8 Å². The van der Waals surface area contributed by atoms with Crippen molar-refractivity contribution >= 4 is 21.7 Å². The fourth-order valence-electron chi connectivity index (χ4n) is 6.19. The lowest BCUT2D eigenvalue weighted by Gasteiger charge is -2.41. The Bertz CT molecular complexity index is 1380. The van der Waals surface area contributed by atoms with Crippen LogP contribution in [0.2, 0.25) is 0 Å². The van der Waals surface area contributed by atoms with Crippen molar-refractivity contribution in [2.75, 3.05) is 45.4 Å². The van der Waals surface area contributed by atoms with Crippen LogP contribution in [0.1, 0.15) is 64.5 Å². The number of hydrogen-bond acceptors (Lipinski definition) is 8. The van der Waals surface area contributed by atoms with Crippen molar-refractivity contribution in [3.8, 4) is 5.75 Å². The number of piperidine rings is 1. The molecule has 0 radical (unpaired) electrons. The molecule has 2 aromatic rings. The first-order valence-electron chi connectivity index (χ1n) is 15.1. The summed E-state index contributed by atoms with van der Waals surface area (Å²) in [5, 5.41) is 0. The number of carbonyl (C=O) groups is 1. The molecule has 0 N–H and O–H groups in total. The van der Waals surface area contributed by atoms with E-state index in [1.165, 1.54) is 7.11 Å². The van der Waals surface area contributed by atoms with Gasteiger partial charge in [-0.2, -0.15) is 4.31 Å². The second kappa shape index (κ2) is 13.5. The number of fused-ring (bicyclic) bond motifs is 1. The molecule has 4 rings (SSSR count). The summed E-state index contributed by atoms with van der Waals surface area (Å²) in [6, 6.07) is 12.8. The fraction of sp³-hybridized carbons (Fsp3) is 0.606. The third kappa shape index (κ3) is 7.90. The van der Waals surface area contributed by atoms with Crippen molar-refractivity contribution in [2.45, 2.75) is 89.6 Å². The van der Waals surface area contributed by atoms with E-state index in [-0.39, 0.29) is 35.2 Å². The number of ether oxygens (including phenoxy) is 4. The van der Waals surface area contributed by atoms with Crippen LogP contribution in [-0.4, -0.2) is 76.9 Å². The van der Waals surface area contributed by atoms with Crippen molar-refractivity contribution in [2.24, 2.45) is 5.41 Å². The Morgan fingerprint density at radius 2 is 1.86 bits per heavy atom. The van der Waals surface area contributed by atoms with Gasteiger partial charge in [-0.3, -0.25) is 4.79 Å². The van der Waals surface area contributed by atoms with E-state index >= 15 is 0 Å². The van der Waals surface area contributed by atoms with E-state index in [1.807, 2.05) is 18.2 Å². The van der Waals surface area contributed by atoms with Crippen LogP contribution in [0, 0.1) is 12.3 Å². The number of methoxy groups -OCH3 is 2. The van der Waals surface area contributed by atoms with Gasteiger partial charge in [-0.1, -0.05) is 24.3 Å². The number of hydrogen-bond donors (Lipinski definition) is 0. The molecule has 43 heavy (non-hydrogen) atoms. The number of anilines is 1. The summed E-state index contributed by atoms with van der Waals surface area (Å²) in [5.74, 6) is 0.497. The van der Waals surface area contributed by atoms with Crippen molar-refractivity contribution in [3.63, 3.8) is 0 Å². The van der Waals surface area contributed by atoms with Crippen LogP contribution in [0.3, 0.4) is 0 Å². The largest absolute Gasteiger partial charge is 0.484 e. The normalized spacial score (nSPS) is 20.8. The van der Waals surface area contributed by atoms with Gasteiger partial charge >= 0.3 is 5.97 Å². The number of sulfonamides is 1. The van der Waals surface area contributed by atoms with Gasteiger partial charge in [0.1, 0.15) is 11.4 Å². The Kier molecular flexibility index (Phi) is 10.5. The zero-order valence-electron chi connectivity index (χ0n) is 26.7. The summed E-state index contributed by atoms with van der Waals surface area (Å²) in [5.41, 5.74) is 1.59. The molecule has 9 nitrogen and oxygen atoms in total. The molecule has 0 aliphatic carbocycles. The molecule has 0 amide bonds. The second-order valence-electron chi connectivity index (χ2n) is 13.0. The predicted molar refractivity (Wildman–Crippen MR) is 167 cm³/mol. The molecule has 238 valence electrons. The first-order valence-corrected chi connectivity index (χ1v) is 16.5. The van der Waals surface area contributed by atoms with E-state index in [2.05, 4.69) is 24.8 Å². The van der Waals surface area contributed by atoms with E-state index in [9.17, 15) is 13.2 Å². The molecular weight excluding hydrogens is 568 g/mol. The summed E-state index contributed by atoms with van der Waals surface area (Å²) in [4.78, 5) is 15.1. The molecule has 0 aromatic heterocycles. The van der Waals surface area contributed by atoms with Crippen LogP contribution in [0.4, 0.5) is 5.69 Å². The zero-order valence-corrected chi connectivity index (χ0v) is 27.5. The van der Waals surface area contributed by atoms with Crippen molar-refractivity contribution in [1.82, 2.24) is 4.31 Å². The maximum Gasteiger partial charge on any atom is 0.311 e. The van der Waals surface area contributed by atoms with Gasteiger partial charge in [-0.25, -0.2) is 8.42 Å². The fourth-order valence-corrected chi connectivity index (χ4v) is 8.11. The first-order chi connectivity index (χ1) is 20.3. The minimum atomic E-state index is -3.84. The Labute approximate surface area is 257 Å². The van der Waals surface area contributed by atoms with Gasteiger partial charge < -0.3 is 23.8 Å². The number of aryl methyl sites for hydroxylation is 1. The molecule has 2 aliphatic rings. The molecule has 2 aliphatic heterocycles. The van der Waals surface area contributed by atoms with Gasteiger partial charge in [-0.05, 0) is 89.6 Å². The molecule has 1 saturated heterocycles. The van der Waals surface area contributed by atoms with Crippen molar-refractivity contribution in [3.05, 3.63) is 53.6 Å². The zero-order chi connectivity index (χ0) is 31.4. The Hall–Kier alpha value is -2.66. The smallest absolute Gasteiger partial charge is 0.311 e. The van der Waals surface area contributed by atoms with Crippen LogP contribution in [0.5, 0.6) is 5.75 Å². The van der Waals surface area contributed by atoms with Gasteiger partial charge in [0.2, 0.25) is 10.0 Å². The first kappa shape index (κ1) is 33.2. The average Bonchev–Trinajstić information content (AvgIpc) is 2.95. The third-order valence-electron chi connectivity index (χ3n) is 8.36. The van der Waals surface area contributed by atoms with E-state index in [0.29, 0.717) is 38.0 Å². The van der Waals surface area contributed by atoms with E-state index < -0.39 is 15.4 Å². The summed E-state index contributed by atoms with van der Waals surface area (Å²) >= 11 is 0.